The molecule has 0 saturated carbocycles. The van der Waals surface area contributed by atoms with Crippen LogP contribution in [0.4, 0.5) is 0 Å². The summed E-state index contributed by atoms with van der Waals surface area (Å²) in [4.78, 5) is 4.66. The summed E-state index contributed by atoms with van der Waals surface area (Å²) in [5, 5.41) is 0. The first-order valence-electron chi connectivity index (χ1n) is 6.81. The van der Waals surface area contributed by atoms with E-state index >= 15 is 0 Å². The summed E-state index contributed by atoms with van der Waals surface area (Å²) in [6.45, 7) is 7.25. The van der Waals surface area contributed by atoms with Gasteiger partial charge in [-0.15, -0.1) is 0 Å². The van der Waals surface area contributed by atoms with Crippen LogP contribution in [-0.4, -0.2) is 16.1 Å². The zero-order valence-corrected chi connectivity index (χ0v) is 11.6. The topological polar surface area (TPSA) is 43.8 Å². The van der Waals surface area contributed by atoms with Gasteiger partial charge in [0.15, 0.2) is 0 Å². The molecular formula is C15H23N3. The molecule has 18 heavy (non-hydrogen) atoms. The van der Waals surface area contributed by atoms with Crippen molar-refractivity contribution in [2.24, 2.45) is 5.73 Å². The molecule has 1 aromatic heterocycles. The van der Waals surface area contributed by atoms with Crippen molar-refractivity contribution in [1.29, 1.82) is 0 Å². The number of nitrogens with two attached hydrogens (primary N) is 1. The van der Waals surface area contributed by atoms with Gasteiger partial charge in [0, 0.05) is 6.04 Å². The van der Waals surface area contributed by atoms with Crippen molar-refractivity contribution in [2.45, 2.75) is 46.1 Å². The number of benzene rings is 1. The Morgan fingerprint density at radius 2 is 2.06 bits per heavy atom. The Morgan fingerprint density at radius 3 is 2.72 bits per heavy atom. The Morgan fingerprint density at radius 1 is 1.28 bits per heavy atom. The van der Waals surface area contributed by atoms with Crippen LogP contribution in [0.25, 0.3) is 11.0 Å². The van der Waals surface area contributed by atoms with Gasteiger partial charge in [-0.05, 0) is 64.3 Å². The van der Waals surface area contributed by atoms with Crippen LogP contribution >= 0.6 is 0 Å². The van der Waals surface area contributed by atoms with E-state index in [1.807, 2.05) is 0 Å². The molecule has 2 N–H and O–H groups in total. The van der Waals surface area contributed by atoms with Crippen molar-refractivity contribution in [3.63, 3.8) is 0 Å². The van der Waals surface area contributed by atoms with Crippen molar-refractivity contribution in [2.75, 3.05) is 6.54 Å². The summed E-state index contributed by atoms with van der Waals surface area (Å²) in [6, 6.07) is 7.10. The second kappa shape index (κ2) is 5.53. The average Bonchev–Trinajstić information content (AvgIpc) is 2.64. The SMILES string of the molecule is Cc1nc2cc(CCCCN)ccc2n1C(C)C. The smallest absolute Gasteiger partial charge is 0.106 e. The largest absolute Gasteiger partial charge is 0.330 e. The third-order valence-corrected chi connectivity index (χ3v) is 3.37. The molecule has 0 aliphatic rings. The minimum atomic E-state index is 0.457. The first-order valence-corrected chi connectivity index (χ1v) is 6.81. The molecule has 0 radical (unpaired) electrons. The van der Waals surface area contributed by atoms with Crippen LogP contribution in [0.3, 0.4) is 0 Å². The fourth-order valence-corrected chi connectivity index (χ4v) is 2.55. The van der Waals surface area contributed by atoms with E-state index in [0.29, 0.717) is 6.04 Å². The highest BCUT2D eigenvalue weighted by Crippen LogP contribution is 2.22. The fraction of sp³-hybridized carbons (Fsp3) is 0.533. The fourth-order valence-electron chi connectivity index (χ4n) is 2.55. The quantitative estimate of drug-likeness (QED) is 0.822. The van der Waals surface area contributed by atoms with Gasteiger partial charge in [-0.3, -0.25) is 0 Å². The number of hydrogen-bond donors (Lipinski definition) is 1. The second-order valence-electron chi connectivity index (χ2n) is 5.19. The monoisotopic (exact) mass is 245 g/mol. The molecule has 0 aliphatic heterocycles. The van der Waals surface area contributed by atoms with Crippen molar-refractivity contribution >= 4 is 11.0 Å². The maximum atomic E-state index is 5.52. The van der Waals surface area contributed by atoms with Gasteiger partial charge in [0.25, 0.3) is 0 Å². The van der Waals surface area contributed by atoms with Gasteiger partial charge in [-0.2, -0.15) is 0 Å². The zero-order chi connectivity index (χ0) is 13.1. The first-order chi connectivity index (χ1) is 8.63. The van der Waals surface area contributed by atoms with E-state index in [-0.39, 0.29) is 0 Å². The molecule has 3 nitrogen and oxygen atoms in total. The number of imidazole rings is 1. The van der Waals surface area contributed by atoms with Crippen LogP contribution in [0.5, 0.6) is 0 Å². The minimum Gasteiger partial charge on any atom is -0.330 e. The third kappa shape index (κ3) is 2.56. The highest BCUT2D eigenvalue weighted by atomic mass is 15.1. The number of aromatic nitrogens is 2. The molecule has 0 aliphatic carbocycles. The van der Waals surface area contributed by atoms with E-state index in [2.05, 4.69) is 48.5 Å². The second-order valence-corrected chi connectivity index (χ2v) is 5.19. The lowest BCUT2D eigenvalue weighted by molar-refractivity contribution is 0.600. The molecule has 0 saturated heterocycles. The van der Waals surface area contributed by atoms with E-state index in [9.17, 15) is 0 Å². The summed E-state index contributed by atoms with van der Waals surface area (Å²) in [5.74, 6) is 1.10. The number of hydrogen-bond acceptors (Lipinski definition) is 2. The van der Waals surface area contributed by atoms with E-state index in [0.717, 1.165) is 37.1 Å². The van der Waals surface area contributed by atoms with E-state index in [1.54, 1.807) is 0 Å². The molecule has 0 atom stereocenters. The van der Waals surface area contributed by atoms with E-state index in [4.69, 9.17) is 5.73 Å². The van der Waals surface area contributed by atoms with Crippen molar-refractivity contribution in [3.05, 3.63) is 29.6 Å². The normalized spacial score (nSPS) is 11.6. The van der Waals surface area contributed by atoms with Crippen LogP contribution in [0, 0.1) is 6.92 Å². The Hall–Kier alpha value is -1.35. The lowest BCUT2D eigenvalue weighted by Gasteiger charge is -2.10. The number of aryl methyl sites for hydroxylation is 2. The average molecular weight is 245 g/mol. The standard InChI is InChI=1S/C15H23N3/c1-11(2)18-12(3)17-14-10-13(6-4-5-9-16)7-8-15(14)18/h7-8,10-11H,4-6,9,16H2,1-3H3. The molecule has 0 amide bonds. The van der Waals surface area contributed by atoms with Crippen LogP contribution in [0.1, 0.15) is 44.1 Å². The van der Waals surface area contributed by atoms with Crippen LogP contribution < -0.4 is 5.73 Å². The van der Waals surface area contributed by atoms with Gasteiger partial charge in [0.05, 0.1) is 11.0 Å². The molecule has 0 fully saturated rings. The molecule has 0 unspecified atom stereocenters. The maximum Gasteiger partial charge on any atom is 0.106 e. The Bertz CT molecular complexity index is 526. The zero-order valence-electron chi connectivity index (χ0n) is 11.6. The van der Waals surface area contributed by atoms with Gasteiger partial charge >= 0.3 is 0 Å². The lowest BCUT2D eigenvalue weighted by Crippen LogP contribution is -2.02. The Labute approximate surface area is 109 Å². The molecule has 2 rings (SSSR count). The van der Waals surface area contributed by atoms with Gasteiger partial charge in [-0.1, -0.05) is 6.07 Å². The molecule has 3 heteroatoms. The number of fused-ring (bicyclic) bond motifs is 1. The molecule has 1 heterocycles. The predicted molar refractivity (Wildman–Crippen MR) is 76.8 cm³/mol. The lowest BCUT2D eigenvalue weighted by atomic mass is 10.1. The minimum absolute atomic E-state index is 0.457. The van der Waals surface area contributed by atoms with Crippen LogP contribution in [0.15, 0.2) is 18.2 Å². The van der Waals surface area contributed by atoms with E-state index < -0.39 is 0 Å². The molecular weight excluding hydrogens is 222 g/mol. The molecule has 0 spiro atoms. The highest BCUT2D eigenvalue weighted by molar-refractivity contribution is 5.77. The summed E-state index contributed by atoms with van der Waals surface area (Å²) in [7, 11) is 0. The third-order valence-electron chi connectivity index (χ3n) is 3.37. The van der Waals surface area contributed by atoms with Crippen molar-refractivity contribution in [3.8, 4) is 0 Å². The summed E-state index contributed by atoms with van der Waals surface area (Å²) in [6.07, 6.45) is 3.35. The van der Waals surface area contributed by atoms with Gasteiger partial charge < -0.3 is 10.3 Å². The highest BCUT2D eigenvalue weighted by Gasteiger charge is 2.10. The maximum absolute atomic E-state index is 5.52. The molecule has 0 bridgehead atoms. The molecule has 98 valence electrons. The van der Waals surface area contributed by atoms with Gasteiger partial charge in [0.1, 0.15) is 5.82 Å². The number of rotatable bonds is 5. The number of nitrogens with zero attached hydrogens (tertiary/aromatic N) is 2. The van der Waals surface area contributed by atoms with Crippen molar-refractivity contribution < 1.29 is 0 Å². The first kappa shape index (κ1) is 13.1. The summed E-state index contributed by atoms with van der Waals surface area (Å²) >= 11 is 0. The van der Waals surface area contributed by atoms with Crippen molar-refractivity contribution in [1.82, 2.24) is 9.55 Å². The van der Waals surface area contributed by atoms with E-state index in [1.165, 1.54) is 11.1 Å². The summed E-state index contributed by atoms with van der Waals surface area (Å²) in [5.41, 5.74) is 9.25. The van der Waals surface area contributed by atoms with Gasteiger partial charge in [0.2, 0.25) is 0 Å². The number of unbranched alkanes of at least 4 members (excludes halogenated alkanes) is 1. The Balaban J connectivity index is 2.30. The van der Waals surface area contributed by atoms with Crippen LogP contribution in [0.2, 0.25) is 0 Å². The van der Waals surface area contributed by atoms with Gasteiger partial charge in [-0.25, -0.2) is 4.98 Å². The predicted octanol–water partition coefficient (Wildman–Crippen LogP) is 3.21. The molecule has 2 aromatic rings. The summed E-state index contributed by atoms with van der Waals surface area (Å²) < 4.78 is 2.29. The molecule has 1 aromatic carbocycles. The van der Waals surface area contributed by atoms with Crippen LogP contribution in [-0.2, 0) is 6.42 Å². The Kier molecular flexibility index (Phi) is 4.02.